The molecule has 0 spiro atoms. The zero-order valence-corrected chi connectivity index (χ0v) is 16.7. The Balaban J connectivity index is 1.74. The first kappa shape index (κ1) is 19.6. The molecule has 3 aromatic rings. The van der Waals surface area contributed by atoms with Crippen LogP contribution in [0.25, 0.3) is 0 Å². The summed E-state index contributed by atoms with van der Waals surface area (Å²) in [5.74, 6) is 0.516. The number of aryl methyl sites for hydroxylation is 2. The molecule has 0 aliphatic heterocycles. The predicted octanol–water partition coefficient (Wildman–Crippen LogP) is 4.45. The number of nitrogens with zero attached hydrogens (tertiary/aromatic N) is 1. The number of hydrogen-bond acceptors (Lipinski definition) is 5. The first-order valence-corrected chi connectivity index (χ1v) is 10.2. The standard InChI is InChI=1S/C21H21N3O3S/c1-14-7-9-20(11-15(14)2)28(26,27)24-19-8-10-21(22-13-19)23-18-6-4-5-17(12-18)16(3)25/h4-13,24H,1-3H3,(H,22,23). The maximum Gasteiger partial charge on any atom is 0.261 e. The van der Waals surface area contributed by atoms with E-state index >= 15 is 0 Å². The van der Waals surface area contributed by atoms with Crippen molar-refractivity contribution in [3.8, 4) is 0 Å². The second-order valence-corrected chi connectivity index (χ2v) is 8.23. The van der Waals surface area contributed by atoms with Crippen LogP contribution in [0.5, 0.6) is 0 Å². The lowest BCUT2D eigenvalue weighted by atomic mass is 10.1. The highest BCUT2D eigenvalue weighted by molar-refractivity contribution is 7.92. The minimum Gasteiger partial charge on any atom is -0.340 e. The molecular weight excluding hydrogens is 374 g/mol. The van der Waals surface area contributed by atoms with Crippen LogP contribution in [-0.2, 0) is 10.0 Å². The number of rotatable bonds is 6. The minimum atomic E-state index is -3.69. The number of anilines is 3. The number of ketones is 1. The summed E-state index contributed by atoms with van der Waals surface area (Å²) in [7, 11) is -3.69. The van der Waals surface area contributed by atoms with Gasteiger partial charge in [0.15, 0.2) is 5.78 Å². The number of nitrogens with one attached hydrogen (secondary N) is 2. The van der Waals surface area contributed by atoms with Gasteiger partial charge in [-0.3, -0.25) is 9.52 Å². The lowest BCUT2D eigenvalue weighted by Gasteiger charge is -2.11. The number of benzene rings is 2. The normalized spacial score (nSPS) is 11.1. The van der Waals surface area contributed by atoms with E-state index in [-0.39, 0.29) is 10.7 Å². The van der Waals surface area contributed by atoms with Gasteiger partial charge < -0.3 is 5.32 Å². The molecule has 0 amide bonds. The molecule has 0 saturated carbocycles. The molecule has 0 aliphatic rings. The molecule has 144 valence electrons. The van der Waals surface area contributed by atoms with Crippen LogP contribution in [0.4, 0.5) is 17.2 Å². The fourth-order valence-corrected chi connectivity index (χ4v) is 3.72. The van der Waals surface area contributed by atoms with E-state index in [9.17, 15) is 13.2 Å². The molecule has 7 heteroatoms. The zero-order valence-electron chi connectivity index (χ0n) is 15.9. The van der Waals surface area contributed by atoms with Crippen molar-refractivity contribution < 1.29 is 13.2 Å². The quantitative estimate of drug-likeness (QED) is 0.602. The Hall–Kier alpha value is -3.19. The number of carbonyl (C=O) groups excluding carboxylic acids is 1. The van der Waals surface area contributed by atoms with Gasteiger partial charge in [-0.05, 0) is 68.3 Å². The number of Topliss-reactive ketones (excluding diaryl/α,β-unsaturated/α-hetero) is 1. The third-order valence-corrected chi connectivity index (χ3v) is 5.72. The van der Waals surface area contributed by atoms with Crippen molar-refractivity contribution in [3.63, 3.8) is 0 Å². The molecular formula is C21H21N3O3S. The second-order valence-electron chi connectivity index (χ2n) is 6.55. The Morgan fingerprint density at radius 1 is 0.929 bits per heavy atom. The van der Waals surface area contributed by atoms with Crippen molar-refractivity contribution in [2.45, 2.75) is 25.7 Å². The summed E-state index contributed by atoms with van der Waals surface area (Å²) in [5.41, 5.74) is 3.63. The van der Waals surface area contributed by atoms with Crippen molar-refractivity contribution in [3.05, 3.63) is 77.5 Å². The molecule has 0 radical (unpaired) electrons. The van der Waals surface area contributed by atoms with E-state index in [0.717, 1.165) is 16.8 Å². The molecule has 1 heterocycles. The Kier molecular flexibility index (Phi) is 5.46. The third kappa shape index (κ3) is 4.55. The third-order valence-electron chi connectivity index (χ3n) is 4.35. The molecule has 0 bridgehead atoms. The highest BCUT2D eigenvalue weighted by Crippen LogP contribution is 2.21. The van der Waals surface area contributed by atoms with Gasteiger partial charge >= 0.3 is 0 Å². The second kappa shape index (κ2) is 7.82. The highest BCUT2D eigenvalue weighted by atomic mass is 32.2. The summed E-state index contributed by atoms with van der Waals surface area (Å²) in [4.78, 5) is 15.9. The maximum absolute atomic E-state index is 12.6. The van der Waals surface area contributed by atoms with Crippen LogP contribution in [0.15, 0.2) is 65.7 Å². The van der Waals surface area contributed by atoms with Gasteiger partial charge in [-0.2, -0.15) is 0 Å². The summed E-state index contributed by atoms with van der Waals surface area (Å²) in [6.45, 7) is 5.31. The van der Waals surface area contributed by atoms with Gasteiger partial charge in [0.1, 0.15) is 5.82 Å². The molecule has 0 unspecified atom stereocenters. The Labute approximate surface area is 164 Å². The van der Waals surface area contributed by atoms with E-state index < -0.39 is 10.0 Å². The number of pyridine rings is 1. The van der Waals surface area contributed by atoms with Gasteiger partial charge in [0.2, 0.25) is 0 Å². The Morgan fingerprint density at radius 3 is 2.36 bits per heavy atom. The fraction of sp³-hybridized carbons (Fsp3) is 0.143. The first-order valence-electron chi connectivity index (χ1n) is 8.69. The average Bonchev–Trinajstić information content (AvgIpc) is 2.65. The van der Waals surface area contributed by atoms with Gasteiger partial charge in [0, 0.05) is 11.3 Å². The van der Waals surface area contributed by atoms with Gasteiger partial charge in [0.05, 0.1) is 16.8 Å². The van der Waals surface area contributed by atoms with Crippen LogP contribution in [0.3, 0.4) is 0 Å². The molecule has 28 heavy (non-hydrogen) atoms. The molecule has 0 saturated heterocycles. The number of aromatic nitrogens is 1. The lowest BCUT2D eigenvalue weighted by Crippen LogP contribution is -2.13. The smallest absolute Gasteiger partial charge is 0.261 e. The maximum atomic E-state index is 12.6. The molecule has 2 N–H and O–H groups in total. The van der Waals surface area contributed by atoms with E-state index in [1.54, 1.807) is 48.5 Å². The van der Waals surface area contributed by atoms with E-state index in [1.165, 1.54) is 13.1 Å². The topological polar surface area (TPSA) is 88.2 Å². The van der Waals surface area contributed by atoms with Gasteiger partial charge in [-0.15, -0.1) is 0 Å². The van der Waals surface area contributed by atoms with Crippen LogP contribution < -0.4 is 10.0 Å². The van der Waals surface area contributed by atoms with Gasteiger partial charge in [-0.25, -0.2) is 13.4 Å². The Bertz CT molecular complexity index is 1120. The highest BCUT2D eigenvalue weighted by Gasteiger charge is 2.15. The summed E-state index contributed by atoms with van der Waals surface area (Å²) >= 11 is 0. The monoisotopic (exact) mass is 395 g/mol. The van der Waals surface area contributed by atoms with Crippen molar-refractivity contribution in [1.82, 2.24) is 4.98 Å². The van der Waals surface area contributed by atoms with Crippen LogP contribution >= 0.6 is 0 Å². The molecule has 0 atom stereocenters. The molecule has 0 fully saturated rings. The van der Waals surface area contributed by atoms with Crippen LogP contribution in [0, 0.1) is 13.8 Å². The minimum absolute atomic E-state index is 0.0206. The van der Waals surface area contributed by atoms with E-state index in [2.05, 4.69) is 15.0 Å². The largest absolute Gasteiger partial charge is 0.340 e. The summed E-state index contributed by atoms with van der Waals surface area (Å²) in [6.07, 6.45) is 1.44. The number of carbonyl (C=O) groups is 1. The molecule has 6 nitrogen and oxygen atoms in total. The van der Waals surface area contributed by atoms with Crippen molar-refractivity contribution >= 4 is 33.0 Å². The molecule has 1 aromatic heterocycles. The van der Waals surface area contributed by atoms with Crippen LogP contribution in [0.2, 0.25) is 0 Å². The lowest BCUT2D eigenvalue weighted by molar-refractivity contribution is 0.101. The number of sulfonamides is 1. The first-order chi connectivity index (χ1) is 13.2. The average molecular weight is 395 g/mol. The molecule has 3 rings (SSSR count). The zero-order chi connectivity index (χ0) is 20.3. The van der Waals surface area contributed by atoms with Crippen molar-refractivity contribution in [1.29, 1.82) is 0 Å². The van der Waals surface area contributed by atoms with Crippen LogP contribution in [-0.4, -0.2) is 19.2 Å². The summed E-state index contributed by atoms with van der Waals surface area (Å²) < 4.78 is 27.6. The summed E-state index contributed by atoms with van der Waals surface area (Å²) in [5, 5.41) is 3.09. The van der Waals surface area contributed by atoms with Gasteiger partial charge in [0.25, 0.3) is 10.0 Å². The van der Waals surface area contributed by atoms with E-state index in [4.69, 9.17) is 0 Å². The number of hydrogen-bond donors (Lipinski definition) is 2. The Morgan fingerprint density at radius 2 is 1.71 bits per heavy atom. The summed E-state index contributed by atoms with van der Waals surface area (Å²) in [6, 6.07) is 15.4. The molecule has 0 aliphatic carbocycles. The van der Waals surface area contributed by atoms with Gasteiger partial charge in [-0.1, -0.05) is 18.2 Å². The molecule has 2 aromatic carbocycles. The predicted molar refractivity (Wildman–Crippen MR) is 111 cm³/mol. The van der Waals surface area contributed by atoms with Crippen LogP contribution in [0.1, 0.15) is 28.4 Å². The van der Waals surface area contributed by atoms with E-state index in [1.807, 2.05) is 19.9 Å². The van der Waals surface area contributed by atoms with E-state index in [0.29, 0.717) is 17.1 Å². The fourth-order valence-electron chi connectivity index (χ4n) is 2.59. The SMILES string of the molecule is CC(=O)c1cccc(Nc2ccc(NS(=O)(=O)c3ccc(C)c(C)c3)cn2)c1. The van der Waals surface area contributed by atoms with Crippen molar-refractivity contribution in [2.24, 2.45) is 0 Å². The van der Waals surface area contributed by atoms with Crippen molar-refractivity contribution in [2.75, 3.05) is 10.0 Å².